The van der Waals surface area contributed by atoms with Gasteiger partial charge < -0.3 is 24.2 Å². The van der Waals surface area contributed by atoms with Gasteiger partial charge in [-0.1, -0.05) is 12.1 Å². The second-order valence-electron chi connectivity index (χ2n) is 9.32. The molecular formula is C30H30N2O6. The molecule has 3 heterocycles. The summed E-state index contributed by atoms with van der Waals surface area (Å²) in [5.41, 5.74) is 2.82. The van der Waals surface area contributed by atoms with Gasteiger partial charge in [0.1, 0.15) is 17.6 Å². The topological polar surface area (TPSA) is 98.2 Å². The van der Waals surface area contributed by atoms with Crippen LogP contribution >= 0.6 is 0 Å². The number of ketones is 1. The van der Waals surface area contributed by atoms with Gasteiger partial charge in [-0.15, -0.1) is 0 Å². The van der Waals surface area contributed by atoms with E-state index in [0.717, 1.165) is 16.9 Å². The van der Waals surface area contributed by atoms with Crippen LogP contribution in [0.25, 0.3) is 5.76 Å². The summed E-state index contributed by atoms with van der Waals surface area (Å²) in [5.74, 6) is 0.169. The lowest BCUT2D eigenvalue weighted by molar-refractivity contribution is -0.140. The van der Waals surface area contributed by atoms with E-state index < -0.39 is 17.7 Å². The van der Waals surface area contributed by atoms with Crippen LogP contribution in [0.4, 0.5) is 0 Å². The Hall–Kier alpha value is -4.33. The number of rotatable bonds is 8. The van der Waals surface area contributed by atoms with Crippen molar-refractivity contribution >= 4 is 17.4 Å². The Bertz CT molecular complexity index is 1400. The zero-order chi connectivity index (χ0) is 26.8. The monoisotopic (exact) mass is 514 g/mol. The predicted molar refractivity (Wildman–Crippen MR) is 141 cm³/mol. The van der Waals surface area contributed by atoms with E-state index in [1.807, 2.05) is 32.9 Å². The number of hydrogen-bond donors (Lipinski definition) is 1. The van der Waals surface area contributed by atoms with Gasteiger partial charge in [0, 0.05) is 30.9 Å². The van der Waals surface area contributed by atoms with E-state index in [9.17, 15) is 14.7 Å². The molecule has 0 aliphatic carbocycles. The summed E-state index contributed by atoms with van der Waals surface area (Å²) in [6.07, 6.45) is 4.04. The van der Waals surface area contributed by atoms with Crippen molar-refractivity contribution < 1.29 is 28.9 Å². The maximum atomic E-state index is 13.5. The molecule has 1 aromatic heterocycles. The Morgan fingerprint density at radius 1 is 1.08 bits per heavy atom. The first kappa shape index (κ1) is 25.3. The maximum Gasteiger partial charge on any atom is 0.295 e. The molecular weight excluding hydrogens is 484 g/mol. The van der Waals surface area contributed by atoms with Crippen molar-refractivity contribution in [2.24, 2.45) is 0 Å². The average molecular weight is 515 g/mol. The predicted octanol–water partition coefficient (Wildman–Crippen LogP) is 4.82. The molecule has 0 bridgehead atoms. The fourth-order valence-corrected chi connectivity index (χ4v) is 5.04. The van der Waals surface area contributed by atoms with E-state index in [0.29, 0.717) is 42.3 Å². The highest BCUT2D eigenvalue weighted by Gasteiger charge is 2.46. The van der Waals surface area contributed by atoms with Gasteiger partial charge in [-0.2, -0.15) is 0 Å². The van der Waals surface area contributed by atoms with Gasteiger partial charge in [-0.25, -0.2) is 0 Å². The normalized spacial score (nSPS) is 19.8. The molecule has 1 fully saturated rings. The summed E-state index contributed by atoms with van der Waals surface area (Å²) in [5, 5.41) is 11.5. The minimum Gasteiger partial charge on any atom is -0.507 e. The Morgan fingerprint density at radius 3 is 2.61 bits per heavy atom. The zero-order valence-corrected chi connectivity index (χ0v) is 21.6. The lowest BCUT2D eigenvalue weighted by Crippen LogP contribution is -2.29. The highest BCUT2D eigenvalue weighted by Crippen LogP contribution is 2.43. The summed E-state index contributed by atoms with van der Waals surface area (Å²) in [6, 6.07) is 13.4. The molecule has 5 rings (SSSR count). The molecule has 1 amide bonds. The van der Waals surface area contributed by atoms with E-state index in [2.05, 4.69) is 4.98 Å². The van der Waals surface area contributed by atoms with Crippen LogP contribution in [0.5, 0.6) is 17.2 Å². The largest absolute Gasteiger partial charge is 0.507 e. The first-order valence-electron chi connectivity index (χ1n) is 12.8. The van der Waals surface area contributed by atoms with Crippen molar-refractivity contribution in [2.75, 3.05) is 13.2 Å². The quantitative estimate of drug-likeness (QED) is 0.261. The number of carbonyl (C=O) groups is 2. The van der Waals surface area contributed by atoms with Gasteiger partial charge >= 0.3 is 0 Å². The molecule has 1 saturated heterocycles. The molecule has 3 aromatic rings. The number of nitrogens with zero attached hydrogens (tertiary/aromatic N) is 2. The minimum absolute atomic E-state index is 0.0254. The summed E-state index contributed by atoms with van der Waals surface area (Å²) >= 11 is 0. The number of amides is 1. The van der Waals surface area contributed by atoms with Gasteiger partial charge in [0.25, 0.3) is 11.7 Å². The van der Waals surface area contributed by atoms with Crippen molar-refractivity contribution in [1.29, 1.82) is 0 Å². The van der Waals surface area contributed by atoms with Crippen LogP contribution in [0.1, 0.15) is 49.1 Å². The van der Waals surface area contributed by atoms with E-state index in [1.54, 1.807) is 48.8 Å². The van der Waals surface area contributed by atoms with Crippen LogP contribution < -0.4 is 14.2 Å². The highest BCUT2D eigenvalue weighted by atomic mass is 16.5. The number of likely N-dealkylation sites (tertiary alicyclic amines) is 1. The fraction of sp³-hybridized carbons (Fsp3) is 0.300. The van der Waals surface area contributed by atoms with E-state index in [-0.39, 0.29) is 24.0 Å². The molecule has 2 unspecified atom stereocenters. The molecule has 8 nitrogen and oxygen atoms in total. The summed E-state index contributed by atoms with van der Waals surface area (Å²) in [4.78, 5) is 32.5. The number of Topliss-reactive ketones (excluding diaryl/α,β-unsaturated/α-hetero) is 1. The summed E-state index contributed by atoms with van der Waals surface area (Å²) in [6.45, 7) is 6.75. The lowest BCUT2D eigenvalue weighted by Gasteiger charge is -2.26. The fourth-order valence-electron chi connectivity index (χ4n) is 5.04. The first-order chi connectivity index (χ1) is 18.4. The molecule has 0 radical (unpaired) electrons. The van der Waals surface area contributed by atoms with Crippen LogP contribution in [0.15, 0.2) is 66.5 Å². The smallest absolute Gasteiger partial charge is 0.295 e. The molecule has 1 N–H and O–H groups in total. The van der Waals surface area contributed by atoms with Crippen molar-refractivity contribution in [3.8, 4) is 17.2 Å². The number of carbonyl (C=O) groups excluding carboxylic acids is 2. The molecule has 2 aliphatic rings. The Labute approximate surface area is 221 Å². The number of pyridine rings is 1. The van der Waals surface area contributed by atoms with Crippen LogP contribution in [0, 0.1) is 0 Å². The van der Waals surface area contributed by atoms with Gasteiger partial charge in [0.05, 0.1) is 24.8 Å². The van der Waals surface area contributed by atoms with Crippen molar-refractivity contribution in [1.82, 2.24) is 9.88 Å². The maximum absolute atomic E-state index is 13.5. The first-order valence-corrected chi connectivity index (χ1v) is 12.8. The average Bonchev–Trinajstić information content (AvgIpc) is 3.41. The van der Waals surface area contributed by atoms with Crippen molar-refractivity contribution in [3.05, 3.63) is 88.8 Å². The zero-order valence-electron chi connectivity index (χ0n) is 21.6. The molecule has 2 aliphatic heterocycles. The number of ether oxygens (including phenoxy) is 3. The number of aliphatic hydroxyl groups is 1. The number of aliphatic hydroxyl groups excluding tert-OH is 1. The number of hydrogen-bond acceptors (Lipinski definition) is 7. The highest BCUT2D eigenvalue weighted by molar-refractivity contribution is 6.46. The van der Waals surface area contributed by atoms with Gasteiger partial charge in [0.15, 0.2) is 11.5 Å². The molecule has 38 heavy (non-hydrogen) atoms. The summed E-state index contributed by atoms with van der Waals surface area (Å²) < 4.78 is 17.3. The van der Waals surface area contributed by atoms with Gasteiger partial charge in [-0.05, 0) is 73.9 Å². The second kappa shape index (κ2) is 10.6. The molecule has 0 spiro atoms. The third-order valence-corrected chi connectivity index (χ3v) is 6.67. The van der Waals surface area contributed by atoms with Crippen LogP contribution in [-0.4, -0.2) is 46.0 Å². The molecule has 8 heteroatoms. The molecule has 196 valence electrons. The van der Waals surface area contributed by atoms with Crippen LogP contribution in [0.2, 0.25) is 0 Å². The van der Waals surface area contributed by atoms with Crippen molar-refractivity contribution in [3.63, 3.8) is 0 Å². The van der Waals surface area contributed by atoms with Crippen LogP contribution in [0.3, 0.4) is 0 Å². The van der Waals surface area contributed by atoms with E-state index in [4.69, 9.17) is 14.2 Å². The molecule has 2 aromatic carbocycles. The Morgan fingerprint density at radius 2 is 1.87 bits per heavy atom. The SMILES string of the molecule is CCOc1ccc(C2/C(=C(\O)c3ccc4c(c3)CC(C)O4)C(=O)C(=O)N2Cc2cccnc2)cc1OCC. The molecule has 2 atom stereocenters. The second-order valence-corrected chi connectivity index (χ2v) is 9.32. The third kappa shape index (κ3) is 4.69. The lowest BCUT2D eigenvalue weighted by atomic mass is 9.94. The summed E-state index contributed by atoms with van der Waals surface area (Å²) in [7, 11) is 0. The minimum atomic E-state index is -0.839. The van der Waals surface area contributed by atoms with E-state index >= 15 is 0 Å². The van der Waals surface area contributed by atoms with Gasteiger partial charge in [0.2, 0.25) is 0 Å². The van der Waals surface area contributed by atoms with Crippen molar-refractivity contribution in [2.45, 2.75) is 45.9 Å². The molecule has 0 saturated carbocycles. The number of benzene rings is 2. The Balaban J connectivity index is 1.65. The third-order valence-electron chi connectivity index (χ3n) is 6.67. The van der Waals surface area contributed by atoms with E-state index in [1.165, 1.54) is 4.90 Å². The van der Waals surface area contributed by atoms with Gasteiger partial charge in [-0.3, -0.25) is 14.6 Å². The number of aromatic nitrogens is 1. The number of fused-ring (bicyclic) bond motifs is 1. The van der Waals surface area contributed by atoms with Crippen LogP contribution in [-0.2, 0) is 22.6 Å². The Kier molecular flexibility index (Phi) is 7.05. The standard InChI is InChI=1S/C30H30N2O6/c1-4-36-24-11-8-20(15-25(24)37-5-2)27-26(28(33)21-9-10-23-22(14-21)13-18(3)38-23)29(34)30(35)32(27)17-19-7-6-12-31-16-19/h6-12,14-16,18,27,33H,4-5,13,17H2,1-3H3/b28-26+.